The van der Waals surface area contributed by atoms with Crippen molar-refractivity contribution in [3.05, 3.63) is 116 Å². The third-order valence-electron chi connectivity index (χ3n) is 11.7. The van der Waals surface area contributed by atoms with E-state index in [1.165, 1.54) is 42.5 Å². The lowest BCUT2D eigenvalue weighted by Crippen LogP contribution is -2.60. The van der Waals surface area contributed by atoms with Crippen LogP contribution in [0.5, 0.6) is 23.0 Å². The second kappa shape index (κ2) is 16.0. The Labute approximate surface area is 344 Å². The monoisotopic (exact) mass is 848 g/mol. The number of aromatic carboxylic acids is 1. The minimum Gasteiger partial charge on any atom is -0.507 e. The zero-order chi connectivity index (χ0) is 43.8. The number of ketones is 2. The molecule has 2 aliphatic heterocycles. The summed E-state index contributed by atoms with van der Waals surface area (Å²) < 4.78 is 23.1. The van der Waals surface area contributed by atoms with Gasteiger partial charge in [0.2, 0.25) is 24.1 Å². The molecule has 322 valence electrons. The van der Waals surface area contributed by atoms with Gasteiger partial charge in [-0.2, -0.15) is 0 Å². The highest BCUT2D eigenvalue weighted by molar-refractivity contribution is 6.18. The molecule has 0 unspecified atom stereocenters. The number of aromatic hydroxyl groups is 2. The van der Waals surface area contributed by atoms with Gasteiger partial charge in [-0.15, -0.1) is 0 Å². The summed E-state index contributed by atoms with van der Waals surface area (Å²) in [5.41, 5.74) is -1.30. The summed E-state index contributed by atoms with van der Waals surface area (Å²) in [6.07, 6.45) is -17.4. The zero-order valence-electron chi connectivity index (χ0n) is 31.5. The predicted molar refractivity (Wildman–Crippen MR) is 201 cm³/mol. The first-order valence-corrected chi connectivity index (χ1v) is 19.0. The number of hydrogen-bond donors (Lipinski definition) is 12. The van der Waals surface area contributed by atoms with E-state index in [4.69, 9.17) is 18.9 Å². The minimum absolute atomic E-state index is 0.0646. The number of carbonyl (C=O) groups is 3. The number of ether oxygens (including phenoxy) is 4. The van der Waals surface area contributed by atoms with Crippen LogP contribution in [0.2, 0.25) is 0 Å². The van der Waals surface area contributed by atoms with Gasteiger partial charge in [-0.05, 0) is 58.1 Å². The maximum absolute atomic E-state index is 14.7. The molecule has 0 bridgehead atoms. The number of carbonyl (C=O) groups excluding carboxylic acids is 2. The second-order valence-electron chi connectivity index (χ2n) is 15.2. The maximum atomic E-state index is 14.7. The Morgan fingerprint density at radius 1 is 0.557 bits per heavy atom. The Morgan fingerprint density at radius 3 is 1.43 bits per heavy atom. The lowest BCUT2D eigenvalue weighted by Gasteiger charge is -2.41. The van der Waals surface area contributed by atoms with Crippen molar-refractivity contribution in [1.29, 1.82) is 0 Å². The highest BCUT2D eigenvalue weighted by Crippen LogP contribution is 2.56. The third-order valence-corrected chi connectivity index (χ3v) is 11.7. The van der Waals surface area contributed by atoms with Crippen LogP contribution in [-0.4, -0.2) is 153 Å². The molecule has 19 heteroatoms. The molecule has 0 aromatic heterocycles. The Hall–Kier alpha value is -5.55. The lowest BCUT2D eigenvalue weighted by molar-refractivity contribution is -0.277. The van der Waals surface area contributed by atoms with E-state index in [0.29, 0.717) is 0 Å². The Kier molecular flexibility index (Phi) is 11.1. The fourth-order valence-corrected chi connectivity index (χ4v) is 8.74. The number of phenols is 2. The number of carboxylic acid groups (broad SMARTS) is 1. The standard InChI is InChI=1S/C42H40O19/c43-11-14-7-18-26(16-3-1-5-22(30(16)34(50)28(18)20(46)8-14)58-41-38(54)36(52)32(48)24(12-44)60-41)27-17-4-2-6-23(59-42-39(55)37(53)33(49)25(13-45)61-42)31(17)35(51)29-19(27)9-15(40(56)57)10-21(29)47/h1-10,24-27,32-33,36-39,41-49,52-55H,11-13H2,(H,56,57)/t24-,25-,26+,27+,32-,33-,36+,37+,38-,39-,41+,42-/m1/s1. The van der Waals surface area contributed by atoms with Crippen LogP contribution < -0.4 is 9.47 Å². The molecule has 0 saturated carbocycles. The van der Waals surface area contributed by atoms with Crippen molar-refractivity contribution in [1.82, 2.24) is 0 Å². The topological polar surface area (TPSA) is 331 Å². The van der Waals surface area contributed by atoms with Crippen molar-refractivity contribution >= 4 is 17.5 Å². The Morgan fingerprint density at radius 2 is 1.00 bits per heavy atom. The predicted octanol–water partition coefficient (Wildman–Crippen LogP) is -1.30. The number of phenolic OH excluding ortho intramolecular Hbond substituents is 2. The zero-order valence-corrected chi connectivity index (χ0v) is 31.5. The van der Waals surface area contributed by atoms with Crippen molar-refractivity contribution in [2.45, 2.75) is 79.9 Å². The van der Waals surface area contributed by atoms with Crippen LogP contribution in [0.3, 0.4) is 0 Å². The van der Waals surface area contributed by atoms with E-state index in [1.807, 2.05) is 0 Å². The van der Waals surface area contributed by atoms with E-state index in [-0.39, 0.29) is 56.0 Å². The fourth-order valence-electron chi connectivity index (χ4n) is 8.74. The van der Waals surface area contributed by atoms with Gasteiger partial charge in [-0.3, -0.25) is 9.59 Å². The van der Waals surface area contributed by atoms with Crippen LogP contribution in [0.15, 0.2) is 60.7 Å². The SMILES string of the molecule is O=C(O)c1cc(O)c2c(c1)[C@@H]([C@@H]1c3cc(CO)cc(O)c3C(=O)c3c(O[C@H]4O[C@H](CO)[C@@H](O)[C@H](O)[C@H]4O)cccc31)c1cccc(O[C@@H]3O[C@H](CO)[C@@H](O)[C@H](O)[C@H]3O)c1C2=O. The van der Waals surface area contributed by atoms with Gasteiger partial charge in [-0.25, -0.2) is 4.79 Å². The second-order valence-corrected chi connectivity index (χ2v) is 15.2. The molecule has 2 aliphatic carbocycles. The summed E-state index contributed by atoms with van der Waals surface area (Å²) in [6, 6.07) is 13.1. The number of hydrogen-bond acceptors (Lipinski definition) is 18. The maximum Gasteiger partial charge on any atom is 0.335 e. The average molecular weight is 849 g/mol. The first-order chi connectivity index (χ1) is 29.1. The summed E-state index contributed by atoms with van der Waals surface area (Å²) >= 11 is 0. The summed E-state index contributed by atoms with van der Waals surface area (Å²) in [4.78, 5) is 41.8. The van der Waals surface area contributed by atoms with Crippen molar-refractivity contribution < 1.29 is 94.6 Å². The quantitative estimate of drug-likeness (QED) is 0.0931. The molecule has 61 heavy (non-hydrogen) atoms. The highest BCUT2D eigenvalue weighted by atomic mass is 16.7. The third kappa shape index (κ3) is 6.80. The van der Waals surface area contributed by atoms with Gasteiger partial charge < -0.3 is 80.2 Å². The van der Waals surface area contributed by atoms with Crippen molar-refractivity contribution in [3.8, 4) is 23.0 Å². The average Bonchev–Trinajstić information content (AvgIpc) is 3.24. The van der Waals surface area contributed by atoms with E-state index in [0.717, 1.165) is 18.2 Å². The number of fused-ring (bicyclic) bond motifs is 4. The first-order valence-electron chi connectivity index (χ1n) is 19.0. The van der Waals surface area contributed by atoms with Crippen LogP contribution in [0.25, 0.3) is 0 Å². The lowest BCUT2D eigenvalue weighted by atomic mass is 9.63. The van der Waals surface area contributed by atoms with E-state index in [9.17, 15) is 75.7 Å². The molecule has 19 nitrogen and oxygen atoms in total. The summed E-state index contributed by atoms with van der Waals surface area (Å²) in [5, 5.41) is 126. The van der Waals surface area contributed by atoms with Crippen molar-refractivity contribution in [2.24, 2.45) is 0 Å². The smallest absolute Gasteiger partial charge is 0.335 e. The Balaban J connectivity index is 1.37. The van der Waals surface area contributed by atoms with Crippen LogP contribution >= 0.6 is 0 Å². The molecular formula is C42H40O19. The van der Waals surface area contributed by atoms with Gasteiger partial charge in [0.15, 0.2) is 0 Å². The number of carboxylic acids is 1. The molecule has 4 aliphatic rings. The first kappa shape index (κ1) is 42.2. The van der Waals surface area contributed by atoms with Crippen LogP contribution in [-0.2, 0) is 16.1 Å². The molecule has 12 atom stereocenters. The molecule has 4 aromatic carbocycles. The molecule has 8 rings (SSSR count). The highest BCUT2D eigenvalue weighted by Gasteiger charge is 2.50. The van der Waals surface area contributed by atoms with E-state index >= 15 is 0 Å². The molecule has 0 amide bonds. The summed E-state index contributed by atoms with van der Waals surface area (Å²) in [5.74, 6) is -7.67. The Bertz CT molecular complexity index is 2410. The van der Waals surface area contributed by atoms with Gasteiger partial charge in [0.25, 0.3) is 0 Å². The van der Waals surface area contributed by atoms with Gasteiger partial charge in [0.1, 0.15) is 71.8 Å². The molecular weight excluding hydrogens is 808 g/mol. The summed E-state index contributed by atoms with van der Waals surface area (Å²) in [6.45, 7) is -2.21. The molecule has 12 N–H and O–H groups in total. The summed E-state index contributed by atoms with van der Waals surface area (Å²) in [7, 11) is 0. The van der Waals surface area contributed by atoms with Crippen molar-refractivity contribution in [2.75, 3.05) is 13.2 Å². The van der Waals surface area contributed by atoms with Crippen LogP contribution in [0.1, 0.15) is 81.9 Å². The van der Waals surface area contributed by atoms with Crippen LogP contribution in [0.4, 0.5) is 0 Å². The van der Waals surface area contributed by atoms with Gasteiger partial charge in [0.05, 0.1) is 47.6 Å². The van der Waals surface area contributed by atoms with Crippen LogP contribution in [0, 0.1) is 0 Å². The van der Waals surface area contributed by atoms with E-state index in [2.05, 4.69) is 0 Å². The molecule has 4 aromatic rings. The van der Waals surface area contributed by atoms with Gasteiger partial charge in [0, 0.05) is 11.8 Å². The van der Waals surface area contributed by atoms with E-state index in [1.54, 1.807) is 0 Å². The minimum atomic E-state index is -1.91. The molecule has 2 heterocycles. The molecule has 2 fully saturated rings. The molecule has 0 radical (unpaired) electrons. The largest absolute Gasteiger partial charge is 0.507 e. The normalized spacial score (nSPS) is 30.4. The number of aliphatic hydroxyl groups is 9. The number of benzene rings is 4. The van der Waals surface area contributed by atoms with Crippen molar-refractivity contribution in [3.63, 3.8) is 0 Å². The van der Waals surface area contributed by atoms with Gasteiger partial charge in [-0.1, -0.05) is 30.3 Å². The number of aliphatic hydroxyl groups excluding tert-OH is 9. The van der Waals surface area contributed by atoms with Gasteiger partial charge >= 0.3 is 5.97 Å². The van der Waals surface area contributed by atoms with E-state index < -0.39 is 133 Å². The molecule has 2 saturated heterocycles. The molecule has 0 spiro atoms. The number of rotatable bonds is 9. The fraction of sp³-hybridized carbons (Fsp3) is 0.357.